The smallest absolute Gasteiger partial charge is 0.171 e. The minimum atomic E-state index is -0.768. The van der Waals surface area contributed by atoms with Gasteiger partial charge in [0.25, 0.3) is 0 Å². The van der Waals surface area contributed by atoms with Gasteiger partial charge in [0.05, 0.1) is 13.2 Å². The molecule has 144 valence electrons. The first kappa shape index (κ1) is 18.9. The van der Waals surface area contributed by atoms with Gasteiger partial charge in [0.1, 0.15) is 4.08 Å². The predicted octanol–water partition coefficient (Wildman–Crippen LogP) is 6.20. The van der Waals surface area contributed by atoms with Crippen LogP contribution in [-0.4, -0.2) is 24.7 Å². The summed E-state index contributed by atoms with van der Waals surface area (Å²) in [5.74, 6) is 1.45. The minimum Gasteiger partial charge on any atom is -0.491 e. The Kier molecular flexibility index (Phi) is 5.30. The van der Waals surface area contributed by atoms with E-state index in [0.717, 1.165) is 35.5 Å². The Balaban J connectivity index is 1.88. The molecule has 0 aromatic heterocycles. The van der Waals surface area contributed by atoms with E-state index in [0.29, 0.717) is 24.3 Å². The first-order chi connectivity index (χ1) is 13.1. The van der Waals surface area contributed by atoms with E-state index in [1.54, 1.807) is 35.7 Å². The summed E-state index contributed by atoms with van der Waals surface area (Å²) in [6.45, 7) is 4.77. The molecule has 1 heterocycles. The van der Waals surface area contributed by atoms with Crippen LogP contribution in [0.5, 0.6) is 11.5 Å². The zero-order chi connectivity index (χ0) is 19.0. The average Bonchev–Trinajstić information content (AvgIpc) is 3.25. The van der Waals surface area contributed by atoms with Crippen LogP contribution in [0.2, 0.25) is 0 Å². The molecule has 6 heteroatoms. The Bertz CT molecular complexity index is 864. The fourth-order valence-corrected chi connectivity index (χ4v) is 7.19. The first-order valence-corrected chi connectivity index (χ1v) is 11.3. The number of hydrogen-bond donors (Lipinski definition) is 0. The SMILES string of the molecule is CCCCOc1ccc2c(c1F)C1(SCCS1)c1c-2ccc(OCC)c1F. The van der Waals surface area contributed by atoms with E-state index >= 15 is 8.78 Å². The molecular weight excluding hydrogens is 386 g/mol. The highest BCUT2D eigenvalue weighted by atomic mass is 32.2. The molecule has 1 aliphatic heterocycles. The van der Waals surface area contributed by atoms with Crippen LogP contribution in [0.15, 0.2) is 24.3 Å². The van der Waals surface area contributed by atoms with Crippen molar-refractivity contribution in [2.24, 2.45) is 0 Å². The lowest BCUT2D eigenvalue weighted by Crippen LogP contribution is -2.17. The summed E-state index contributed by atoms with van der Waals surface area (Å²) in [5, 5.41) is 0. The van der Waals surface area contributed by atoms with Crippen LogP contribution in [0.3, 0.4) is 0 Å². The maximum absolute atomic E-state index is 15.5. The van der Waals surface area contributed by atoms with Crippen molar-refractivity contribution in [3.63, 3.8) is 0 Å². The summed E-state index contributed by atoms with van der Waals surface area (Å²) in [4.78, 5) is 0. The van der Waals surface area contributed by atoms with Gasteiger partial charge in [0.2, 0.25) is 0 Å². The average molecular weight is 409 g/mol. The molecule has 0 saturated carbocycles. The third-order valence-corrected chi connectivity index (χ3v) is 8.32. The van der Waals surface area contributed by atoms with E-state index in [9.17, 15) is 0 Å². The van der Waals surface area contributed by atoms with Gasteiger partial charge in [-0.2, -0.15) is 0 Å². The fraction of sp³-hybridized carbons (Fsp3) is 0.429. The van der Waals surface area contributed by atoms with Gasteiger partial charge in [-0.05, 0) is 36.6 Å². The van der Waals surface area contributed by atoms with Crippen LogP contribution in [0.25, 0.3) is 11.1 Å². The number of fused-ring (bicyclic) bond motifs is 5. The minimum absolute atomic E-state index is 0.233. The summed E-state index contributed by atoms with van der Waals surface area (Å²) < 4.78 is 41.3. The molecule has 0 unspecified atom stereocenters. The lowest BCUT2D eigenvalue weighted by Gasteiger charge is -2.26. The van der Waals surface area contributed by atoms with Gasteiger partial charge in [0.15, 0.2) is 23.1 Å². The van der Waals surface area contributed by atoms with E-state index in [4.69, 9.17) is 9.47 Å². The van der Waals surface area contributed by atoms with Crippen molar-refractivity contribution < 1.29 is 18.3 Å². The van der Waals surface area contributed by atoms with Gasteiger partial charge in [0, 0.05) is 22.6 Å². The normalized spacial score (nSPS) is 16.4. The molecular formula is C21H22F2O2S2. The maximum atomic E-state index is 15.5. The van der Waals surface area contributed by atoms with Crippen molar-refractivity contribution in [1.82, 2.24) is 0 Å². The Labute approximate surface area is 167 Å². The van der Waals surface area contributed by atoms with Crippen molar-refractivity contribution in [1.29, 1.82) is 0 Å². The van der Waals surface area contributed by atoms with Crippen LogP contribution in [0.1, 0.15) is 37.8 Å². The van der Waals surface area contributed by atoms with Crippen LogP contribution in [-0.2, 0) is 4.08 Å². The highest BCUT2D eigenvalue weighted by molar-refractivity contribution is 8.20. The van der Waals surface area contributed by atoms with Gasteiger partial charge in [-0.25, -0.2) is 8.78 Å². The van der Waals surface area contributed by atoms with Crippen molar-refractivity contribution in [2.45, 2.75) is 30.8 Å². The van der Waals surface area contributed by atoms with Gasteiger partial charge in [-0.15, -0.1) is 23.5 Å². The van der Waals surface area contributed by atoms with Gasteiger partial charge in [-0.3, -0.25) is 0 Å². The zero-order valence-electron chi connectivity index (χ0n) is 15.4. The molecule has 0 radical (unpaired) electrons. The van der Waals surface area contributed by atoms with Crippen LogP contribution >= 0.6 is 23.5 Å². The number of thioether (sulfide) groups is 2. The van der Waals surface area contributed by atoms with E-state index in [2.05, 4.69) is 6.92 Å². The number of halogens is 2. The van der Waals surface area contributed by atoms with E-state index in [1.807, 2.05) is 19.1 Å². The molecule has 1 fully saturated rings. The Morgan fingerprint density at radius 1 is 0.889 bits per heavy atom. The molecule has 1 aliphatic carbocycles. The predicted molar refractivity (Wildman–Crippen MR) is 109 cm³/mol. The molecule has 4 rings (SSSR count). The van der Waals surface area contributed by atoms with Crippen LogP contribution < -0.4 is 9.47 Å². The molecule has 2 aromatic rings. The lowest BCUT2D eigenvalue weighted by molar-refractivity contribution is 0.293. The molecule has 0 N–H and O–H groups in total. The van der Waals surface area contributed by atoms with Crippen molar-refractivity contribution in [3.8, 4) is 22.6 Å². The van der Waals surface area contributed by atoms with E-state index in [-0.39, 0.29) is 23.1 Å². The zero-order valence-corrected chi connectivity index (χ0v) is 17.1. The Morgan fingerprint density at radius 3 is 1.96 bits per heavy atom. The van der Waals surface area contributed by atoms with Crippen molar-refractivity contribution >= 4 is 23.5 Å². The van der Waals surface area contributed by atoms with E-state index < -0.39 is 4.08 Å². The third kappa shape index (κ3) is 2.92. The number of benzene rings is 2. The molecule has 27 heavy (non-hydrogen) atoms. The second kappa shape index (κ2) is 7.55. The molecule has 1 saturated heterocycles. The highest BCUT2D eigenvalue weighted by Gasteiger charge is 2.51. The molecule has 0 bridgehead atoms. The van der Waals surface area contributed by atoms with Gasteiger partial charge in [-0.1, -0.05) is 25.5 Å². The van der Waals surface area contributed by atoms with Gasteiger partial charge < -0.3 is 9.47 Å². The largest absolute Gasteiger partial charge is 0.491 e. The van der Waals surface area contributed by atoms with Crippen molar-refractivity contribution in [2.75, 3.05) is 24.7 Å². The summed E-state index contributed by atoms with van der Waals surface area (Å²) in [5.41, 5.74) is 2.60. The lowest BCUT2D eigenvalue weighted by atomic mass is 10.0. The molecule has 2 nitrogen and oxygen atoms in total. The number of hydrogen-bond acceptors (Lipinski definition) is 4. The molecule has 1 spiro atoms. The first-order valence-electron chi connectivity index (χ1n) is 9.33. The molecule has 0 amide bonds. The Hall–Kier alpha value is -1.40. The monoisotopic (exact) mass is 408 g/mol. The maximum Gasteiger partial charge on any atom is 0.171 e. The van der Waals surface area contributed by atoms with E-state index in [1.165, 1.54) is 0 Å². The second-order valence-corrected chi connectivity index (χ2v) is 9.43. The second-order valence-electron chi connectivity index (χ2n) is 6.55. The summed E-state index contributed by atoms with van der Waals surface area (Å²) in [7, 11) is 0. The van der Waals surface area contributed by atoms with Crippen LogP contribution in [0.4, 0.5) is 8.78 Å². The fourth-order valence-electron chi connectivity index (χ4n) is 3.74. The summed E-state index contributed by atoms with van der Waals surface area (Å²) >= 11 is 3.20. The van der Waals surface area contributed by atoms with Crippen LogP contribution in [0, 0.1) is 11.6 Å². The molecule has 2 aromatic carbocycles. The molecule has 2 aliphatic rings. The molecule has 0 atom stereocenters. The highest BCUT2D eigenvalue weighted by Crippen LogP contribution is 2.66. The Morgan fingerprint density at radius 2 is 1.44 bits per heavy atom. The topological polar surface area (TPSA) is 18.5 Å². The third-order valence-electron chi connectivity index (χ3n) is 4.91. The quantitative estimate of drug-likeness (QED) is 0.529. The number of unbranched alkanes of at least 4 members (excludes halogenated alkanes) is 1. The summed E-state index contributed by atoms with van der Waals surface area (Å²) in [6, 6.07) is 7.04. The standard InChI is InChI=1S/C21H22F2O2S2/c1-3-5-10-25-16-9-7-14-13-6-8-15(24-4-2)19(22)17(13)21(18(14)20(16)23)26-11-12-27-21/h6-9H,3-5,10-12H2,1-2H3. The van der Waals surface area contributed by atoms with Crippen molar-refractivity contribution in [3.05, 3.63) is 47.0 Å². The number of ether oxygens (including phenoxy) is 2. The number of rotatable bonds is 6. The summed E-state index contributed by atoms with van der Waals surface area (Å²) in [6.07, 6.45) is 1.86. The van der Waals surface area contributed by atoms with Gasteiger partial charge >= 0.3 is 0 Å².